The molecule has 0 aliphatic rings. The number of aryl methyl sites for hydroxylation is 1. The fourth-order valence-corrected chi connectivity index (χ4v) is 1.86. The van der Waals surface area contributed by atoms with E-state index in [0.717, 1.165) is 24.5 Å². The third-order valence-electron chi connectivity index (χ3n) is 2.06. The highest BCUT2D eigenvalue weighted by Crippen LogP contribution is 2.09. The molecule has 0 spiro atoms. The first-order valence-corrected chi connectivity index (χ1v) is 5.81. The highest BCUT2D eigenvalue weighted by molar-refractivity contribution is 7.09. The fourth-order valence-electron chi connectivity index (χ4n) is 1.26. The lowest BCUT2D eigenvalue weighted by Crippen LogP contribution is -2.25. The van der Waals surface area contributed by atoms with Crippen molar-refractivity contribution in [2.75, 3.05) is 13.6 Å². The second-order valence-electron chi connectivity index (χ2n) is 3.86. The summed E-state index contributed by atoms with van der Waals surface area (Å²) in [7, 11) is 2.11. The van der Waals surface area contributed by atoms with E-state index in [9.17, 15) is 0 Å². The van der Waals surface area contributed by atoms with Crippen LogP contribution in [0.25, 0.3) is 0 Å². The summed E-state index contributed by atoms with van der Waals surface area (Å²) >= 11 is 1.71. The highest BCUT2D eigenvalue weighted by atomic mass is 32.1. The van der Waals surface area contributed by atoms with E-state index in [0.29, 0.717) is 0 Å². The minimum absolute atomic E-state index is 0.287. The average molecular weight is 213 g/mol. The van der Waals surface area contributed by atoms with Crippen molar-refractivity contribution in [3.8, 4) is 0 Å². The molecule has 0 aliphatic carbocycles. The maximum Gasteiger partial charge on any atom is 0.0897 e. The van der Waals surface area contributed by atoms with Crippen molar-refractivity contribution < 1.29 is 0 Å². The molecule has 4 heteroatoms. The molecular weight excluding hydrogens is 194 g/mol. The maximum absolute atomic E-state index is 5.70. The van der Waals surface area contributed by atoms with E-state index >= 15 is 0 Å². The van der Waals surface area contributed by atoms with Crippen LogP contribution in [0.4, 0.5) is 0 Å². The number of nitrogens with zero attached hydrogens (tertiary/aromatic N) is 2. The Bertz CT molecular complexity index is 270. The molecule has 1 atom stereocenters. The molecule has 0 fully saturated rings. The normalized spacial score (nSPS) is 13.5. The predicted molar refractivity (Wildman–Crippen MR) is 61.5 cm³/mol. The Kier molecular flexibility index (Phi) is 4.51. The van der Waals surface area contributed by atoms with Crippen LogP contribution in [0.15, 0.2) is 5.38 Å². The van der Waals surface area contributed by atoms with Crippen molar-refractivity contribution in [1.29, 1.82) is 0 Å². The third kappa shape index (κ3) is 4.17. The lowest BCUT2D eigenvalue weighted by atomic mass is 10.2. The van der Waals surface area contributed by atoms with Gasteiger partial charge in [-0.05, 0) is 33.9 Å². The Morgan fingerprint density at radius 1 is 1.64 bits per heavy atom. The van der Waals surface area contributed by atoms with Gasteiger partial charge in [-0.3, -0.25) is 0 Å². The van der Waals surface area contributed by atoms with E-state index in [-0.39, 0.29) is 6.04 Å². The molecule has 0 saturated heterocycles. The second-order valence-corrected chi connectivity index (χ2v) is 4.92. The van der Waals surface area contributed by atoms with Crippen molar-refractivity contribution in [1.82, 2.24) is 9.88 Å². The highest BCUT2D eigenvalue weighted by Gasteiger charge is 2.04. The van der Waals surface area contributed by atoms with Gasteiger partial charge in [-0.2, -0.15) is 0 Å². The first-order chi connectivity index (χ1) is 6.58. The lowest BCUT2D eigenvalue weighted by molar-refractivity contribution is 0.310. The largest absolute Gasteiger partial charge is 0.328 e. The molecule has 1 rings (SSSR count). The number of hydrogen-bond donors (Lipinski definition) is 1. The zero-order valence-corrected chi connectivity index (χ0v) is 9.97. The van der Waals surface area contributed by atoms with E-state index in [1.807, 2.05) is 13.8 Å². The van der Waals surface area contributed by atoms with Crippen LogP contribution in [0.2, 0.25) is 0 Å². The van der Waals surface area contributed by atoms with Crippen molar-refractivity contribution in [3.05, 3.63) is 16.1 Å². The molecule has 0 radical (unpaired) electrons. The van der Waals surface area contributed by atoms with E-state index in [1.54, 1.807) is 11.3 Å². The molecule has 1 heterocycles. The van der Waals surface area contributed by atoms with Crippen LogP contribution in [0.1, 0.15) is 24.0 Å². The summed E-state index contributed by atoms with van der Waals surface area (Å²) in [5.74, 6) is 0. The monoisotopic (exact) mass is 213 g/mol. The second kappa shape index (κ2) is 5.44. The molecule has 0 amide bonds. The Labute approximate surface area is 89.9 Å². The molecule has 0 aromatic carbocycles. The summed E-state index contributed by atoms with van der Waals surface area (Å²) in [5.41, 5.74) is 6.86. The lowest BCUT2D eigenvalue weighted by Gasteiger charge is -2.16. The van der Waals surface area contributed by atoms with Crippen LogP contribution in [-0.2, 0) is 6.54 Å². The summed E-state index contributed by atoms with van der Waals surface area (Å²) < 4.78 is 0. The standard InChI is InChI=1S/C10H19N3S/c1-8(11)4-5-13(3)6-10-7-14-9(2)12-10/h7-8H,4-6,11H2,1-3H3. The molecule has 80 valence electrons. The molecule has 0 aliphatic heterocycles. The molecule has 3 nitrogen and oxygen atoms in total. The third-order valence-corrected chi connectivity index (χ3v) is 2.89. The van der Waals surface area contributed by atoms with Crippen molar-refractivity contribution >= 4 is 11.3 Å². The van der Waals surface area contributed by atoms with Crippen LogP contribution < -0.4 is 5.73 Å². The molecule has 0 bridgehead atoms. The molecule has 1 unspecified atom stereocenters. The SMILES string of the molecule is Cc1nc(CN(C)CCC(C)N)cs1. The van der Waals surface area contributed by atoms with Gasteiger partial charge in [0.1, 0.15) is 0 Å². The van der Waals surface area contributed by atoms with Gasteiger partial charge in [-0.15, -0.1) is 11.3 Å². The van der Waals surface area contributed by atoms with Crippen LogP contribution >= 0.6 is 11.3 Å². The number of nitrogens with two attached hydrogens (primary N) is 1. The van der Waals surface area contributed by atoms with E-state index in [2.05, 4.69) is 22.3 Å². The van der Waals surface area contributed by atoms with Gasteiger partial charge in [0.05, 0.1) is 10.7 Å². The summed E-state index contributed by atoms with van der Waals surface area (Å²) in [6.45, 7) is 6.04. The van der Waals surface area contributed by atoms with Crippen molar-refractivity contribution in [2.45, 2.75) is 32.9 Å². The summed E-state index contributed by atoms with van der Waals surface area (Å²) in [6, 6.07) is 0.287. The van der Waals surface area contributed by atoms with E-state index in [1.165, 1.54) is 5.69 Å². The summed E-state index contributed by atoms with van der Waals surface area (Å²) in [5, 5.41) is 3.26. The Balaban J connectivity index is 2.30. The average Bonchev–Trinajstić information content (AvgIpc) is 2.48. The van der Waals surface area contributed by atoms with E-state index < -0.39 is 0 Å². The molecule has 2 N–H and O–H groups in total. The van der Waals surface area contributed by atoms with Gasteiger partial charge in [0, 0.05) is 18.0 Å². The minimum Gasteiger partial charge on any atom is -0.328 e. The van der Waals surface area contributed by atoms with Crippen LogP contribution in [-0.4, -0.2) is 29.5 Å². The van der Waals surface area contributed by atoms with Gasteiger partial charge < -0.3 is 10.6 Å². The van der Waals surface area contributed by atoms with Gasteiger partial charge in [0.25, 0.3) is 0 Å². The Morgan fingerprint density at radius 2 is 2.36 bits per heavy atom. The number of rotatable bonds is 5. The molecular formula is C10H19N3S. The van der Waals surface area contributed by atoms with Crippen LogP contribution in [0, 0.1) is 6.92 Å². The van der Waals surface area contributed by atoms with Crippen molar-refractivity contribution in [3.63, 3.8) is 0 Å². The Hall–Kier alpha value is -0.450. The smallest absolute Gasteiger partial charge is 0.0897 e. The number of hydrogen-bond acceptors (Lipinski definition) is 4. The summed E-state index contributed by atoms with van der Waals surface area (Å²) in [6.07, 6.45) is 1.04. The summed E-state index contributed by atoms with van der Waals surface area (Å²) in [4.78, 5) is 6.69. The van der Waals surface area contributed by atoms with Gasteiger partial charge in [0.15, 0.2) is 0 Å². The quantitative estimate of drug-likeness (QED) is 0.808. The zero-order chi connectivity index (χ0) is 10.6. The van der Waals surface area contributed by atoms with Gasteiger partial charge in [-0.25, -0.2) is 4.98 Å². The maximum atomic E-state index is 5.70. The fraction of sp³-hybridized carbons (Fsp3) is 0.700. The first kappa shape index (κ1) is 11.6. The zero-order valence-electron chi connectivity index (χ0n) is 9.16. The predicted octanol–water partition coefficient (Wildman–Crippen LogP) is 1.62. The van der Waals surface area contributed by atoms with Crippen molar-refractivity contribution in [2.24, 2.45) is 5.73 Å². The van der Waals surface area contributed by atoms with Crippen LogP contribution in [0.5, 0.6) is 0 Å². The number of thiazole rings is 1. The van der Waals surface area contributed by atoms with Gasteiger partial charge in [-0.1, -0.05) is 0 Å². The molecule has 1 aromatic heterocycles. The molecule has 14 heavy (non-hydrogen) atoms. The Morgan fingerprint density at radius 3 is 2.86 bits per heavy atom. The van der Waals surface area contributed by atoms with Crippen LogP contribution in [0.3, 0.4) is 0 Å². The topological polar surface area (TPSA) is 42.2 Å². The van der Waals surface area contributed by atoms with Gasteiger partial charge >= 0.3 is 0 Å². The molecule has 0 saturated carbocycles. The van der Waals surface area contributed by atoms with Gasteiger partial charge in [0.2, 0.25) is 0 Å². The minimum atomic E-state index is 0.287. The first-order valence-electron chi connectivity index (χ1n) is 4.93. The molecule has 1 aromatic rings. The van der Waals surface area contributed by atoms with E-state index in [4.69, 9.17) is 5.73 Å². The number of aromatic nitrogens is 1.